The van der Waals surface area contributed by atoms with Crippen LogP contribution in [-0.4, -0.2) is 48.2 Å². The standard InChI is InChI=1S/C54H35N3.C44H36BNO2.C16H11BrN2.W/c1-5-18-36(19-6-1)50-35-51(57-53(56-50)37-20-7-2-8-21-37)38-22-17-23-39(32-38)52-46-34-48-45(33-44(46)43-29-14-16-31-49(43)55-52)42-28-13-15-30-47(42)54(48,40-24-9-3-10-25-40)41-26-11-4-12-27-41;1-42(2)43(3,4)48-45(47-42)32-21-15-16-29(26-32)41-37-28-39-36(27-35(37)34-23-12-14-25-40(34)46-41)33-22-11-13-24-38(33)44(39,30-17-7-5-8-18-30)31-19-9-6-10-20-31;17-15-11-14(12-7-3-1-4-8-12)18-16(19-15)13-9-5-2-6-10-13;/h1-35H;5-28H,1-4H3;1-11H;. The van der Waals surface area contributed by atoms with E-state index in [1.54, 1.807) is 0 Å². The van der Waals surface area contributed by atoms with Crippen molar-refractivity contribution in [2.75, 3.05) is 0 Å². The van der Waals surface area contributed by atoms with Gasteiger partial charge in [0.05, 0.1) is 61.5 Å². The van der Waals surface area contributed by atoms with Crippen LogP contribution in [0.15, 0.2) is 429 Å². The minimum Gasteiger partial charge on any atom is -0.399 e. The van der Waals surface area contributed by atoms with Crippen LogP contribution in [0.2, 0.25) is 0 Å². The molecule has 0 atom stereocenters. The summed E-state index contributed by atoms with van der Waals surface area (Å²) in [6.45, 7) is 8.39. The van der Waals surface area contributed by atoms with Gasteiger partial charge in [-0.05, 0) is 181 Å². The monoisotopic (exact) mass is 1840 g/mol. The van der Waals surface area contributed by atoms with Gasteiger partial charge < -0.3 is 9.31 Å². The van der Waals surface area contributed by atoms with Crippen molar-refractivity contribution in [1.82, 2.24) is 29.9 Å². The first-order chi connectivity index (χ1) is 60.9. The summed E-state index contributed by atoms with van der Waals surface area (Å²) >= 11 is 3.46. The minimum absolute atomic E-state index is 0. The first-order valence-corrected chi connectivity index (χ1v) is 43.0. The number of pyridine rings is 2. The van der Waals surface area contributed by atoms with Crippen LogP contribution in [0.5, 0.6) is 0 Å². The Balaban J connectivity index is 0.000000131. The summed E-state index contributed by atoms with van der Waals surface area (Å²) in [5.74, 6) is 1.42. The number of halogens is 1. The molecule has 125 heavy (non-hydrogen) atoms. The Labute approximate surface area is 751 Å². The molecule has 8 nitrogen and oxygen atoms in total. The number of benzene rings is 16. The van der Waals surface area contributed by atoms with E-state index in [1.165, 1.54) is 77.5 Å². The van der Waals surface area contributed by atoms with Gasteiger partial charge in [0.1, 0.15) is 4.60 Å². The van der Waals surface area contributed by atoms with Gasteiger partial charge in [0.2, 0.25) is 0 Å². The summed E-state index contributed by atoms with van der Waals surface area (Å²) in [6, 6.07) is 150. The molecule has 596 valence electrons. The van der Waals surface area contributed by atoms with Gasteiger partial charge in [0, 0.05) is 81.6 Å². The second-order valence-corrected chi connectivity index (χ2v) is 33.8. The van der Waals surface area contributed by atoms with E-state index >= 15 is 0 Å². The van der Waals surface area contributed by atoms with Crippen molar-refractivity contribution in [1.29, 1.82) is 0 Å². The molecule has 1 saturated heterocycles. The van der Waals surface area contributed by atoms with Gasteiger partial charge in [-0.3, -0.25) is 0 Å². The Kier molecular flexibility index (Phi) is 21.1. The molecule has 5 heterocycles. The number of aromatic nitrogens is 6. The second-order valence-electron chi connectivity index (χ2n) is 33.0. The Bertz CT molecular complexity index is 7230. The largest absolute Gasteiger partial charge is 0.494 e. The molecule has 1 fully saturated rings. The number of hydrogen-bond acceptors (Lipinski definition) is 8. The van der Waals surface area contributed by atoms with Crippen LogP contribution in [0.3, 0.4) is 0 Å². The van der Waals surface area contributed by atoms with E-state index in [0.717, 1.165) is 116 Å². The zero-order valence-corrected chi connectivity index (χ0v) is 73.8. The van der Waals surface area contributed by atoms with Crippen LogP contribution >= 0.6 is 15.9 Å². The van der Waals surface area contributed by atoms with Crippen LogP contribution in [0.1, 0.15) is 72.2 Å². The third kappa shape index (κ3) is 14.2. The van der Waals surface area contributed by atoms with Gasteiger partial charge in [0.25, 0.3) is 0 Å². The normalized spacial score (nSPS) is 13.9. The van der Waals surface area contributed by atoms with E-state index in [1.807, 2.05) is 91.0 Å². The van der Waals surface area contributed by atoms with E-state index < -0.39 is 29.2 Å². The van der Waals surface area contributed by atoms with Crippen LogP contribution in [0.25, 0.3) is 145 Å². The summed E-state index contributed by atoms with van der Waals surface area (Å²) in [5, 5.41) is 6.91. The first kappa shape index (κ1) is 79.6. The smallest absolute Gasteiger partial charge is 0.399 e. The average molecular weight is 1840 g/mol. The summed E-state index contributed by atoms with van der Waals surface area (Å²) in [5.41, 5.74) is 28.0. The number of fused-ring (bicyclic) bond motifs is 12. The molecular formula is C114H82BBrN6O2W. The summed E-state index contributed by atoms with van der Waals surface area (Å²) in [4.78, 5) is 30.1. The Morgan fingerprint density at radius 3 is 1.00 bits per heavy atom. The molecule has 0 unspecified atom stereocenters. The van der Waals surface area contributed by atoms with Crippen LogP contribution in [-0.2, 0) is 41.2 Å². The van der Waals surface area contributed by atoms with Crippen LogP contribution < -0.4 is 5.46 Å². The molecule has 0 bridgehead atoms. The van der Waals surface area contributed by atoms with Gasteiger partial charge in [-0.25, -0.2) is 29.9 Å². The Morgan fingerprint density at radius 2 is 0.568 bits per heavy atom. The van der Waals surface area contributed by atoms with Gasteiger partial charge in [-0.15, -0.1) is 0 Å². The predicted octanol–water partition coefficient (Wildman–Crippen LogP) is 27.5. The molecule has 0 amide bonds. The van der Waals surface area contributed by atoms with Crippen LogP contribution in [0.4, 0.5) is 0 Å². The molecule has 0 N–H and O–H groups in total. The van der Waals surface area contributed by atoms with Crippen molar-refractivity contribution in [3.63, 3.8) is 0 Å². The Morgan fingerprint density at radius 1 is 0.240 bits per heavy atom. The van der Waals surface area contributed by atoms with Crippen molar-refractivity contribution in [2.45, 2.75) is 49.7 Å². The molecule has 1 aliphatic heterocycles. The van der Waals surface area contributed by atoms with Gasteiger partial charge in [-0.2, -0.15) is 0 Å². The molecule has 0 spiro atoms. The van der Waals surface area contributed by atoms with E-state index in [-0.39, 0.29) is 21.1 Å². The van der Waals surface area contributed by atoms with E-state index in [0.29, 0.717) is 5.82 Å². The molecule has 2 aliphatic carbocycles. The average Bonchev–Trinajstić information content (AvgIpc) is 1.54. The van der Waals surface area contributed by atoms with Crippen LogP contribution in [0, 0.1) is 0 Å². The van der Waals surface area contributed by atoms with Crippen molar-refractivity contribution in [3.8, 4) is 101 Å². The zero-order chi connectivity index (χ0) is 83.5. The maximum Gasteiger partial charge on any atom is 0.494 e. The van der Waals surface area contributed by atoms with Crippen molar-refractivity contribution >= 4 is 71.9 Å². The third-order valence-corrected chi connectivity index (χ3v) is 25.7. The quantitative estimate of drug-likeness (QED) is 0.0678. The Hall–Kier alpha value is -13.8. The maximum atomic E-state index is 6.48. The van der Waals surface area contributed by atoms with Crippen molar-refractivity contribution in [3.05, 3.63) is 474 Å². The van der Waals surface area contributed by atoms with Gasteiger partial charge in [-0.1, -0.05) is 370 Å². The molecule has 0 saturated carbocycles. The third-order valence-electron chi connectivity index (χ3n) is 25.3. The maximum absolute atomic E-state index is 6.48. The van der Waals surface area contributed by atoms with E-state index in [9.17, 15) is 0 Å². The number of nitrogens with zero attached hydrogens (tertiary/aromatic N) is 6. The SMILES string of the molecule is Brc1cc(-c2ccccc2)nc(-c2ccccc2)n1.CC1(C)OB(c2cccc(-c3nc4ccccc4c4cc5c(cc34)C(c3ccccc3)(c3ccccc3)c3ccccc3-5)c2)OC1(C)C.[W].c1ccc(-c2cc(-c3cccc(-c4nc5ccccc5c5cc6c(cc45)C(c4ccccc4)(c4ccccc4)c4ccccc4-6)c3)nc(-c3ccccc3)n2)cc1. The first-order valence-electron chi connectivity index (χ1n) is 42.2. The summed E-state index contributed by atoms with van der Waals surface area (Å²) in [7, 11) is -0.454. The van der Waals surface area contributed by atoms with E-state index in [4.69, 9.17) is 29.2 Å². The number of rotatable bonds is 12. The molecule has 0 radical (unpaired) electrons. The molecule has 20 aromatic rings. The van der Waals surface area contributed by atoms with Gasteiger partial charge in [0.15, 0.2) is 11.6 Å². The zero-order valence-electron chi connectivity index (χ0n) is 69.3. The molecule has 4 aromatic heterocycles. The molecule has 3 aliphatic rings. The topological polar surface area (TPSA) is 95.8 Å². The second kappa shape index (κ2) is 33.1. The minimum atomic E-state index is -0.518. The molecule has 11 heteroatoms. The fourth-order valence-electron chi connectivity index (χ4n) is 18.8. The fourth-order valence-corrected chi connectivity index (χ4v) is 19.2. The fraction of sp³-hybridized carbons (Fsp3) is 0.0702. The predicted molar refractivity (Wildman–Crippen MR) is 512 cm³/mol. The van der Waals surface area contributed by atoms with Crippen molar-refractivity contribution < 1.29 is 30.4 Å². The molecule has 16 aromatic carbocycles. The number of para-hydroxylation sites is 2. The molecule has 23 rings (SSSR count). The van der Waals surface area contributed by atoms with E-state index in [2.05, 4.69) is 387 Å². The molecular weight excluding hydrogens is 1760 g/mol. The summed E-state index contributed by atoms with van der Waals surface area (Å²) in [6.07, 6.45) is 0. The summed E-state index contributed by atoms with van der Waals surface area (Å²) < 4.78 is 13.7. The van der Waals surface area contributed by atoms with Gasteiger partial charge >= 0.3 is 7.12 Å². The van der Waals surface area contributed by atoms with Crippen molar-refractivity contribution in [2.24, 2.45) is 0 Å². The number of hydrogen-bond donors (Lipinski definition) is 0.